The van der Waals surface area contributed by atoms with Crippen LogP contribution in [0.3, 0.4) is 0 Å². The Kier molecular flexibility index (Phi) is 7.70. The van der Waals surface area contributed by atoms with Crippen LogP contribution in [0.15, 0.2) is 64.7 Å². The minimum Gasteiger partial charge on any atom is -0.371 e. The highest BCUT2D eigenvalue weighted by Gasteiger charge is 2.50. The second-order valence-corrected chi connectivity index (χ2v) is 9.37. The van der Waals surface area contributed by atoms with E-state index in [4.69, 9.17) is 0 Å². The van der Waals surface area contributed by atoms with E-state index >= 15 is 0 Å². The van der Waals surface area contributed by atoms with Crippen molar-refractivity contribution in [3.63, 3.8) is 0 Å². The van der Waals surface area contributed by atoms with Gasteiger partial charge in [-0.1, -0.05) is 43.4 Å². The topological polar surface area (TPSA) is 44.7 Å². The molecule has 1 aromatic rings. The van der Waals surface area contributed by atoms with Crippen LogP contribution in [0, 0.1) is 11.3 Å². The molecule has 1 saturated carbocycles. The maximum absolute atomic E-state index is 13.8. The van der Waals surface area contributed by atoms with Gasteiger partial charge in [0.25, 0.3) is 5.91 Å². The van der Waals surface area contributed by atoms with Gasteiger partial charge in [0.05, 0.1) is 5.57 Å². The lowest BCUT2D eigenvalue weighted by Crippen LogP contribution is -2.28. The molecule has 172 valence electrons. The molecular weight excluding hydrogens is 401 g/mol. The van der Waals surface area contributed by atoms with Gasteiger partial charge >= 0.3 is 0 Å². The first kappa shape index (κ1) is 24.0. The molecule has 4 nitrogen and oxygen atoms in total. The zero-order valence-corrected chi connectivity index (χ0v) is 20.0. The van der Waals surface area contributed by atoms with Crippen LogP contribution >= 0.6 is 0 Å². The summed E-state index contributed by atoms with van der Waals surface area (Å²) in [6.45, 7) is 10.3. The molecule has 0 bridgehead atoms. The lowest BCUT2D eigenvalue weighted by molar-refractivity contribution is -0.117. The van der Waals surface area contributed by atoms with Gasteiger partial charge in [-0.15, -0.1) is 0 Å². The second kappa shape index (κ2) is 10.3. The number of fused-ring (bicyclic) bond motifs is 1. The Bertz CT molecular complexity index is 944. The van der Waals surface area contributed by atoms with Crippen molar-refractivity contribution in [2.24, 2.45) is 16.3 Å². The molecule has 1 saturated heterocycles. The Morgan fingerprint density at radius 2 is 2.00 bits per heavy atom. The van der Waals surface area contributed by atoms with Gasteiger partial charge < -0.3 is 10.2 Å². The van der Waals surface area contributed by atoms with Crippen LogP contribution in [0.25, 0.3) is 0 Å². The molecule has 0 radical (unpaired) electrons. The van der Waals surface area contributed by atoms with Crippen molar-refractivity contribution < 1.29 is 9.18 Å². The number of rotatable bonds is 7. The largest absolute Gasteiger partial charge is 0.371 e. The molecule has 0 unspecified atom stereocenters. The molecule has 1 N–H and O–H groups in total. The Morgan fingerprint density at radius 3 is 2.62 bits per heavy atom. The van der Waals surface area contributed by atoms with Gasteiger partial charge in [0.2, 0.25) is 0 Å². The fourth-order valence-electron chi connectivity index (χ4n) is 5.03. The number of benzene rings is 1. The lowest BCUT2D eigenvalue weighted by atomic mass is 9.83. The fraction of sp³-hybridized carbons (Fsp3) is 0.481. The van der Waals surface area contributed by atoms with Crippen molar-refractivity contribution in [1.29, 1.82) is 0 Å². The number of halogens is 1. The van der Waals surface area contributed by atoms with Gasteiger partial charge in [-0.2, -0.15) is 0 Å². The number of allylic oxidation sites excluding steroid dienone is 5. The van der Waals surface area contributed by atoms with E-state index in [1.807, 2.05) is 45.1 Å². The maximum atomic E-state index is 13.8. The quantitative estimate of drug-likeness (QED) is 0.352. The van der Waals surface area contributed by atoms with Gasteiger partial charge in [-0.25, -0.2) is 4.39 Å². The Labute approximate surface area is 192 Å². The van der Waals surface area contributed by atoms with Crippen LogP contribution in [-0.2, 0) is 11.3 Å². The molecule has 3 rings (SSSR count). The van der Waals surface area contributed by atoms with E-state index in [0.717, 1.165) is 24.2 Å². The Balaban J connectivity index is 1.63. The van der Waals surface area contributed by atoms with Crippen molar-refractivity contribution in [3.8, 4) is 0 Å². The number of carbonyl (C=O) groups is 1. The molecule has 3 atom stereocenters. The van der Waals surface area contributed by atoms with Crippen LogP contribution < -0.4 is 10.2 Å². The van der Waals surface area contributed by atoms with Crippen LogP contribution in [0.1, 0.15) is 46.1 Å². The van der Waals surface area contributed by atoms with Crippen LogP contribution in [0.4, 0.5) is 10.1 Å². The molecule has 1 amide bonds. The van der Waals surface area contributed by atoms with Gasteiger partial charge in [0.15, 0.2) is 0 Å². The molecule has 5 heteroatoms. The summed E-state index contributed by atoms with van der Waals surface area (Å²) >= 11 is 0. The van der Waals surface area contributed by atoms with Crippen molar-refractivity contribution in [1.82, 2.24) is 5.32 Å². The van der Waals surface area contributed by atoms with Crippen molar-refractivity contribution in [2.45, 2.75) is 53.3 Å². The Hall–Kier alpha value is -2.69. The summed E-state index contributed by atoms with van der Waals surface area (Å²) in [7, 11) is 1.70. The van der Waals surface area contributed by atoms with Crippen molar-refractivity contribution >= 4 is 17.3 Å². The normalized spacial score (nSPS) is 26.7. The highest BCUT2D eigenvalue weighted by molar-refractivity contribution is 6.21. The molecule has 1 aromatic carbocycles. The highest BCUT2D eigenvalue weighted by Crippen LogP contribution is 2.50. The summed E-state index contributed by atoms with van der Waals surface area (Å²) in [5, 5.41) is 3.03. The van der Waals surface area contributed by atoms with Crippen LogP contribution in [-0.4, -0.2) is 37.9 Å². The van der Waals surface area contributed by atoms with Gasteiger partial charge in [0.1, 0.15) is 6.17 Å². The van der Waals surface area contributed by atoms with E-state index in [1.165, 1.54) is 5.69 Å². The first-order valence-electron chi connectivity index (χ1n) is 11.5. The average Bonchev–Trinajstić information content (AvgIpc) is 3.22. The Morgan fingerprint density at radius 1 is 1.28 bits per heavy atom. The fourth-order valence-corrected chi connectivity index (χ4v) is 5.03. The minimum absolute atomic E-state index is 0.0900. The lowest BCUT2D eigenvalue weighted by Gasteiger charge is -2.24. The molecular formula is C27H36FN3O. The van der Waals surface area contributed by atoms with Gasteiger partial charge in [-0.3, -0.25) is 9.79 Å². The smallest absolute Gasteiger partial charge is 0.253 e. The summed E-state index contributed by atoms with van der Waals surface area (Å²) in [5.41, 5.74) is 4.50. The van der Waals surface area contributed by atoms with Gasteiger partial charge in [0, 0.05) is 38.1 Å². The standard InChI is InChI=1S/C27H36FN3O/c1-6-7-8-9-19(2)25(20(3)29-5)26(32)30-16-21-10-12-24(13-11-21)31-17-22-14-23(28)15-27(22,4)18-31/h6-13,22-23H,14-18H2,1-5H3,(H,30,32)/b7-6-,9-8-,25-19-,29-20?/t22-,23+,27+/m0/s1. The number of nitrogens with one attached hydrogen (secondary N) is 1. The number of hydrogen-bond donors (Lipinski definition) is 1. The number of hydrogen-bond acceptors (Lipinski definition) is 3. The summed E-state index contributed by atoms with van der Waals surface area (Å²) in [4.78, 5) is 19.5. The van der Waals surface area contributed by atoms with E-state index in [0.29, 0.717) is 36.6 Å². The molecule has 2 fully saturated rings. The average molecular weight is 438 g/mol. The van der Waals surface area contributed by atoms with E-state index in [2.05, 4.69) is 46.4 Å². The molecule has 1 aliphatic carbocycles. The minimum atomic E-state index is -0.638. The number of amides is 1. The first-order valence-corrected chi connectivity index (χ1v) is 11.5. The second-order valence-electron chi connectivity index (χ2n) is 9.37. The van der Waals surface area contributed by atoms with Crippen LogP contribution in [0.5, 0.6) is 0 Å². The zero-order chi connectivity index (χ0) is 23.3. The highest BCUT2D eigenvalue weighted by atomic mass is 19.1. The number of nitrogens with zero attached hydrogens (tertiary/aromatic N) is 2. The van der Waals surface area contributed by atoms with E-state index in [9.17, 15) is 9.18 Å². The predicted molar refractivity (Wildman–Crippen MR) is 132 cm³/mol. The van der Waals surface area contributed by atoms with Crippen molar-refractivity contribution in [3.05, 3.63) is 65.3 Å². The summed E-state index contributed by atoms with van der Waals surface area (Å²) in [6, 6.07) is 8.35. The van der Waals surface area contributed by atoms with Gasteiger partial charge in [-0.05, 0) is 68.2 Å². The third-order valence-electron chi connectivity index (χ3n) is 6.93. The summed E-state index contributed by atoms with van der Waals surface area (Å²) in [6.07, 6.45) is 8.46. The predicted octanol–water partition coefficient (Wildman–Crippen LogP) is 5.42. The monoisotopic (exact) mass is 437 g/mol. The van der Waals surface area contributed by atoms with E-state index in [1.54, 1.807) is 7.05 Å². The number of aliphatic imine (C=N–C) groups is 1. The molecule has 0 aromatic heterocycles. The summed E-state index contributed by atoms with van der Waals surface area (Å²) in [5.74, 6) is 0.316. The number of alkyl halides is 1. The zero-order valence-electron chi connectivity index (χ0n) is 20.0. The van der Waals surface area contributed by atoms with E-state index < -0.39 is 6.17 Å². The molecule has 0 spiro atoms. The number of carbonyl (C=O) groups excluding carboxylic acids is 1. The third-order valence-corrected chi connectivity index (χ3v) is 6.93. The number of anilines is 1. The molecule has 2 aliphatic rings. The maximum Gasteiger partial charge on any atom is 0.253 e. The van der Waals surface area contributed by atoms with Crippen molar-refractivity contribution in [2.75, 3.05) is 25.0 Å². The van der Waals surface area contributed by atoms with E-state index in [-0.39, 0.29) is 11.3 Å². The molecule has 1 heterocycles. The molecule has 1 aliphatic heterocycles. The first-order chi connectivity index (χ1) is 15.3. The SMILES string of the molecule is C\C=C/C=C\C(C)=C(/C(=O)NCc1ccc(N2C[C@@H]3C[C@@H](F)C[C@]3(C)C2)cc1)C(C)=NC. The van der Waals surface area contributed by atoms with Crippen LogP contribution in [0.2, 0.25) is 0 Å². The third kappa shape index (κ3) is 5.37. The summed E-state index contributed by atoms with van der Waals surface area (Å²) < 4.78 is 13.8. The molecule has 32 heavy (non-hydrogen) atoms.